The molecule has 0 bridgehead atoms. The molecule has 9 heteroatoms. The van der Waals surface area contributed by atoms with Crippen LogP contribution in [0.1, 0.15) is 25.7 Å². The van der Waals surface area contributed by atoms with E-state index in [0.717, 1.165) is 30.5 Å². The molecule has 4 rings (SSSR count). The highest BCUT2D eigenvalue weighted by Gasteiger charge is 2.33. The first-order chi connectivity index (χ1) is 14.6. The number of carboxylic acid groups (broad SMARTS) is 1. The third kappa shape index (κ3) is 4.13. The van der Waals surface area contributed by atoms with Gasteiger partial charge in [-0.15, -0.1) is 0 Å². The van der Waals surface area contributed by atoms with E-state index in [4.69, 9.17) is 4.74 Å². The van der Waals surface area contributed by atoms with Gasteiger partial charge >= 0.3 is 17.7 Å². The number of hydrogen-bond acceptors (Lipinski definition) is 5. The molecule has 2 heterocycles. The average Bonchev–Trinajstić information content (AvgIpc) is 3.04. The second-order valence-corrected chi connectivity index (χ2v) is 8.00. The van der Waals surface area contributed by atoms with Gasteiger partial charge in [-0.05, 0) is 25.0 Å². The normalized spacial score (nSPS) is 22.8. The van der Waals surface area contributed by atoms with Crippen LogP contribution >= 0.6 is 0 Å². The van der Waals surface area contributed by atoms with Gasteiger partial charge in [-0.25, -0.2) is 14.2 Å². The molecule has 2 fully saturated rings. The van der Waals surface area contributed by atoms with Crippen LogP contribution in [0.25, 0.3) is 11.0 Å². The highest BCUT2D eigenvalue weighted by molar-refractivity contribution is 5.89. The fraction of sp³-hybridized carbons (Fsp3) is 0.571. The summed E-state index contributed by atoms with van der Waals surface area (Å²) in [6, 6.07) is 6.19. The first kappa shape index (κ1) is 20.6. The zero-order chi connectivity index (χ0) is 21.1. The summed E-state index contributed by atoms with van der Waals surface area (Å²) >= 11 is 0. The second-order valence-electron chi connectivity index (χ2n) is 8.00. The Morgan fingerprint density at radius 2 is 1.77 bits per heavy atom. The van der Waals surface area contributed by atoms with Crippen LogP contribution in [-0.4, -0.2) is 70.0 Å². The second kappa shape index (κ2) is 9.01. The number of ether oxygens (including phenoxy) is 1. The molecule has 2 N–H and O–H groups in total. The molecule has 30 heavy (non-hydrogen) atoms. The molecule has 1 saturated carbocycles. The van der Waals surface area contributed by atoms with Gasteiger partial charge in [0.15, 0.2) is 0 Å². The van der Waals surface area contributed by atoms with Crippen LogP contribution in [-0.2, 0) is 16.1 Å². The number of morpholine rings is 1. The number of benzene rings is 1. The number of carbonyl (C=O) groups excluding carboxylic acids is 1. The van der Waals surface area contributed by atoms with E-state index in [-0.39, 0.29) is 0 Å². The quantitative estimate of drug-likeness (QED) is 0.762. The first-order valence-corrected chi connectivity index (χ1v) is 10.6. The van der Waals surface area contributed by atoms with Crippen LogP contribution < -0.4 is 11.0 Å². The third-order valence-corrected chi connectivity index (χ3v) is 6.17. The highest BCUT2D eigenvalue weighted by Crippen LogP contribution is 2.25. The molecular formula is C21H28N4O5. The largest absolute Gasteiger partial charge is 0.481 e. The van der Waals surface area contributed by atoms with Gasteiger partial charge in [0, 0.05) is 32.2 Å². The summed E-state index contributed by atoms with van der Waals surface area (Å²) in [5, 5.41) is 12.3. The minimum atomic E-state index is -0.903. The number of rotatable bonds is 5. The zero-order valence-electron chi connectivity index (χ0n) is 17.0. The Labute approximate surface area is 174 Å². The van der Waals surface area contributed by atoms with Crippen molar-refractivity contribution in [2.75, 3.05) is 32.8 Å². The summed E-state index contributed by atoms with van der Waals surface area (Å²) in [5.41, 5.74) is 0.832. The minimum Gasteiger partial charge on any atom is -0.481 e. The maximum absolute atomic E-state index is 13.2. The van der Waals surface area contributed by atoms with Crippen LogP contribution in [0.4, 0.5) is 4.79 Å². The van der Waals surface area contributed by atoms with E-state index >= 15 is 0 Å². The molecule has 1 aliphatic carbocycles. The Morgan fingerprint density at radius 3 is 2.50 bits per heavy atom. The molecule has 1 aromatic carbocycles. The lowest BCUT2D eigenvalue weighted by molar-refractivity contribution is -0.143. The Bertz CT molecular complexity index is 975. The van der Waals surface area contributed by atoms with Gasteiger partial charge in [0.25, 0.3) is 0 Å². The number of para-hydroxylation sites is 2. The van der Waals surface area contributed by atoms with Crippen LogP contribution in [0.5, 0.6) is 0 Å². The fourth-order valence-electron chi connectivity index (χ4n) is 4.51. The topological polar surface area (TPSA) is 106 Å². The number of aliphatic carboxylic acids is 1. The summed E-state index contributed by atoms with van der Waals surface area (Å²) in [6.45, 7) is 4.19. The molecular weight excluding hydrogens is 388 g/mol. The van der Waals surface area contributed by atoms with E-state index in [1.807, 2.05) is 12.1 Å². The lowest BCUT2D eigenvalue weighted by atomic mass is 9.84. The Morgan fingerprint density at radius 1 is 1.07 bits per heavy atom. The molecule has 0 spiro atoms. The van der Waals surface area contributed by atoms with Crippen molar-refractivity contribution >= 4 is 23.0 Å². The van der Waals surface area contributed by atoms with E-state index in [2.05, 4.69) is 10.2 Å². The van der Waals surface area contributed by atoms with Crippen molar-refractivity contribution in [3.8, 4) is 0 Å². The number of nitrogens with one attached hydrogen (secondary N) is 1. The highest BCUT2D eigenvalue weighted by atomic mass is 16.5. The Kier molecular flexibility index (Phi) is 6.19. The lowest BCUT2D eigenvalue weighted by Gasteiger charge is -2.29. The van der Waals surface area contributed by atoms with E-state index in [1.165, 1.54) is 0 Å². The van der Waals surface area contributed by atoms with Gasteiger partial charge < -0.3 is 15.2 Å². The number of imidazole rings is 1. The average molecular weight is 416 g/mol. The maximum atomic E-state index is 13.2. The van der Waals surface area contributed by atoms with E-state index < -0.39 is 29.6 Å². The molecule has 9 nitrogen and oxygen atoms in total. The number of carbonyl (C=O) groups is 2. The van der Waals surface area contributed by atoms with Crippen molar-refractivity contribution in [3.05, 3.63) is 34.7 Å². The van der Waals surface area contributed by atoms with Crippen molar-refractivity contribution < 1.29 is 19.4 Å². The summed E-state index contributed by atoms with van der Waals surface area (Å²) in [4.78, 5) is 40.0. The van der Waals surface area contributed by atoms with Crippen LogP contribution in [0, 0.1) is 5.92 Å². The smallest absolute Gasteiger partial charge is 0.337 e. The summed E-state index contributed by atoms with van der Waals surface area (Å²) in [7, 11) is 0. The molecule has 1 saturated heterocycles. The minimum absolute atomic E-state index is 0.398. The number of carboxylic acids is 1. The van der Waals surface area contributed by atoms with Gasteiger partial charge in [0.05, 0.1) is 30.2 Å². The predicted octanol–water partition coefficient (Wildman–Crippen LogP) is 1.34. The SMILES string of the molecule is O=C(O)[C@@H]1CCCC[C@@H]1NC(=O)n1c(=O)n(CCN2CCOCC2)c2ccccc21. The van der Waals surface area contributed by atoms with Crippen molar-refractivity contribution in [1.82, 2.24) is 19.4 Å². The van der Waals surface area contributed by atoms with Crippen LogP contribution in [0.3, 0.4) is 0 Å². The standard InChI is InChI=1S/C21H28N4O5/c26-19(27)15-5-1-2-6-16(15)22-20(28)25-18-8-4-3-7-17(18)24(21(25)29)10-9-23-11-13-30-14-12-23/h3-4,7-8,15-16H,1-2,5-6,9-14H2,(H,22,28)(H,26,27)/t15-,16+/m1/s1. The monoisotopic (exact) mass is 416 g/mol. The van der Waals surface area contributed by atoms with Crippen LogP contribution in [0.15, 0.2) is 29.1 Å². The first-order valence-electron chi connectivity index (χ1n) is 10.6. The van der Waals surface area contributed by atoms with Crippen molar-refractivity contribution in [2.24, 2.45) is 5.92 Å². The summed E-state index contributed by atoms with van der Waals surface area (Å²) < 4.78 is 8.14. The predicted molar refractivity (Wildman–Crippen MR) is 111 cm³/mol. The fourth-order valence-corrected chi connectivity index (χ4v) is 4.51. The number of fused-ring (bicyclic) bond motifs is 1. The molecule has 1 aliphatic heterocycles. The molecule has 0 radical (unpaired) electrons. The van der Waals surface area contributed by atoms with Gasteiger partial charge in [-0.1, -0.05) is 25.0 Å². The lowest BCUT2D eigenvalue weighted by Crippen LogP contribution is -2.48. The van der Waals surface area contributed by atoms with Crippen molar-refractivity contribution in [2.45, 2.75) is 38.3 Å². The van der Waals surface area contributed by atoms with Crippen LogP contribution in [0.2, 0.25) is 0 Å². The summed E-state index contributed by atoms with van der Waals surface area (Å²) in [6.07, 6.45) is 2.85. The number of nitrogens with zero attached hydrogens (tertiary/aromatic N) is 3. The molecule has 2 aliphatic rings. The van der Waals surface area contributed by atoms with Gasteiger partial charge in [-0.2, -0.15) is 0 Å². The Hall–Kier alpha value is -2.65. The Balaban J connectivity index is 1.59. The van der Waals surface area contributed by atoms with Crippen molar-refractivity contribution in [1.29, 1.82) is 0 Å². The molecule has 1 aromatic heterocycles. The number of amides is 1. The number of hydrogen-bond donors (Lipinski definition) is 2. The van der Waals surface area contributed by atoms with E-state index in [9.17, 15) is 19.5 Å². The van der Waals surface area contributed by atoms with Gasteiger partial charge in [0.2, 0.25) is 0 Å². The van der Waals surface area contributed by atoms with Crippen molar-refractivity contribution in [3.63, 3.8) is 0 Å². The molecule has 162 valence electrons. The van der Waals surface area contributed by atoms with Gasteiger partial charge in [0.1, 0.15) is 0 Å². The summed E-state index contributed by atoms with van der Waals surface area (Å²) in [5.74, 6) is -1.52. The zero-order valence-corrected chi connectivity index (χ0v) is 17.0. The third-order valence-electron chi connectivity index (χ3n) is 6.17. The van der Waals surface area contributed by atoms with E-state index in [1.54, 1.807) is 16.7 Å². The van der Waals surface area contributed by atoms with E-state index in [0.29, 0.717) is 50.2 Å². The molecule has 2 atom stereocenters. The molecule has 2 aromatic rings. The maximum Gasteiger partial charge on any atom is 0.337 e. The van der Waals surface area contributed by atoms with Gasteiger partial charge in [-0.3, -0.25) is 14.3 Å². The molecule has 1 amide bonds. The number of aromatic nitrogens is 2. The molecule has 0 unspecified atom stereocenters.